The van der Waals surface area contributed by atoms with E-state index >= 15 is 0 Å². The van der Waals surface area contributed by atoms with Gasteiger partial charge in [0.05, 0.1) is 0 Å². The monoisotopic (exact) mass is 373 g/mol. The zero-order valence-electron chi connectivity index (χ0n) is 12.9. The molecule has 1 atom stereocenters. The second-order valence-electron chi connectivity index (χ2n) is 5.21. The zero-order chi connectivity index (χ0) is 15.8. The lowest BCUT2D eigenvalue weighted by Gasteiger charge is -2.31. The van der Waals surface area contributed by atoms with Gasteiger partial charge in [0.15, 0.2) is 0 Å². The van der Waals surface area contributed by atoms with Gasteiger partial charge in [-0.15, -0.1) is 35.6 Å². The van der Waals surface area contributed by atoms with Gasteiger partial charge in [0.25, 0.3) is 0 Å². The number of alkyl halides is 2. The summed E-state index contributed by atoms with van der Waals surface area (Å²) in [4.78, 5) is 2.32. The molecule has 126 valence electrons. The number of rotatable bonds is 8. The van der Waals surface area contributed by atoms with E-state index in [-0.39, 0.29) is 18.4 Å². The summed E-state index contributed by atoms with van der Waals surface area (Å²) >= 11 is 11.9. The Morgan fingerprint density at radius 2 is 1.43 bits per heavy atom. The molecule has 0 aliphatic heterocycles. The minimum absolute atomic E-state index is 0. The molecule has 0 radical (unpaired) electrons. The molecule has 0 spiro atoms. The van der Waals surface area contributed by atoms with Crippen LogP contribution < -0.4 is 0 Å². The standard InChI is InChI=1S/C18H21Cl2NO.ClH/c19-10-12-21(13-11-20)18(16-4-2-1-3-5-16)14-15-6-8-17(22)9-7-15;/h1-9,18,22H,10-14H2;1H. The molecule has 23 heavy (non-hydrogen) atoms. The Bertz CT molecular complexity index is 542. The van der Waals surface area contributed by atoms with E-state index in [4.69, 9.17) is 23.2 Å². The maximum Gasteiger partial charge on any atom is 0.115 e. The van der Waals surface area contributed by atoms with Crippen molar-refractivity contribution in [2.75, 3.05) is 24.8 Å². The number of aromatic hydroxyl groups is 1. The minimum atomic E-state index is 0. The highest BCUT2D eigenvalue weighted by Gasteiger charge is 2.20. The molecule has 0 bridgehead atoms. The molecule has 2 nitrogen and oxygen atoms in total. The summed E-state index contributed by atoms with van der Waals surface area (Å²) in [7, 11) is 0. The molecule has 1 N–H and O–H groups in total. The summed E-state index contributed by atoms with van der Waals surface area (Å²) in [5.41, 5.74) is 2.44. The van der Waals surface area contributed by atoms with Crippen LogP contribution in [0.15, 0.2) is 54.6 Å². The SMILES string of the molecule is Cl.Oc1ccc(CC(c2ccccc2)N(CCCl)CCCl)cc1. The molecule has 5 heteroatoms. The first-order valence-electron chi connectivity index (χ1n) is 7.43. The van der Waals surface area contributed by atoms with Crippen molar-refractivity contribution >= 4 is 35.6 Å². The fourth-order valence-corrected chi connectivity index (χ4v) is 3.06. The number of hydrogen-bond acceptors (Lipinski definition) is 2. The van der Waals surface area contributed by atoms with Gasteiger partial charge in [-0.1, -0.05) is 42.5 Å². The molecule has 0 saturated heterocycles. The Labute approximate surface area is 154 Å². The predicted molar refractivity (Wildman–Crippen MR) is 101 cm³/mol. The third-order valence-electron chi connectivity index (χ3n) is 3.73. The molecule has 1 unspecified atom stereocenters. The molecule has 0 aromatic heterocycles. The Kier molecular flexibility index (Phi) is 9.42. The molecule has 0 aliphatic carbocycles. The van der Waals surface area contributed by atoms with Crippen LogP contribution in [0.1, 0.15) is 17.2 Å². The molecule has 0 amide bonds. The Balaban J connectivity index is 0.00000264. The van der Waals surface area contributed by atoms with Crippen molar-refractivity contribution in [3.63, 3.8) is 0 Å². The lowest BCUT2D eigenvalue weighted by atomic mass is 9.97. The zero-order valence-corrected chi connectivity index (χ0v) is 15.2. The largest absolute Gasteiger partial charge is 0.508 e. The molecule has 0 heterocycles. The van der Waals surface area contributed by atoms with Crippen molar-refractivity contribution in [2.45, 2.75) is 12.5 Å². The van der Waals surface area contributed by atoms with Crippen LogP contribution in [0.25, 0.3) is 0 Å². The maximum absolute atomic E-state index is 9.44. The number of phenolic OH excluding ortho intramolecular Hbond substituents is 1. The van der Waals surface area contributed by atoms with Gasteiger partial charge in [-0.05, 0) is 29.7 Å². The van der Waals surface area contributed by atoms with Crippen LogP contribution >= 0.6 is 35.6 Å². The third kappa shape index (κ3) is 6.23. The lowest BCUT2D eigenvalue weighted by molar-refractivity contribution is 0.220. The van der Waals surface area contributed by atoms with Crippen LogP contribution in [0.2, 0.25) is 0 Å². The van der Waals surface area contributed by atoms with Crippen molar-refractivity contribution in [2.24, 2.45) is 0 Å². The van der Waals surface area contributed by atoms with E-state index in [0.717, 1.165) is 19.5 Å². The molecule has 2 rings (SSSR count). The van der Waals surface area contributed by atoms with Gasteiger partial charge in [-0.2, -0.15) is 0 Å². The molecular formula is C18H22Cl3NO. The number of phenols is 1. The van der Waals surface area contributed by atoms with E-state index in [2.05, 4.69) is 29.2 Å². The van der Waals surface area contributed by atoms with Crippen molar-refractivity contribution in [3.8, 4) is 5.75 Å². The molecule has 0 fully saturated rings. The van der Waals surface area contributed by atoms with E-state index in [1.54, 1.807) is 12.1 Å². The molecule has 2 aromatic rings. The summed E-state index contributed by atoms with van der Waals surface area (Å²) in [5, 5.41) is 9.44. The second kappa shape index (κ2) is 10.8. The van der Waals surface area contributed by atoms with Gasteiger partial charge >= 0.3 is 0 Å². The van der Waals surface area contributed by atoms with Crippen molar-refractivity contribution in [1.29, 1.82) is 0 Å². The van der Waals surface area contributed by atoms with Crippen LogP contribution in [-0.2, 0) is 6.42 Å². The van der Waals surface area contributed by atoms with Gasteiger partial charge in [0.2, 0.25) is 0 Å². The molecular weight excluding hydrogens is 353 g/mol. The quantitative estimate of drug-likeness (QED) is 0.666. The van der Waals surface area contributed by atoms with Gasteiger partial charge < -0.3 is 5.11 Å². The van der Waals surface area contributed by atoms with Crippen molar-refractivity contribution in [1.82, 2.24) is 4.90 Å². The van der Waals surface area contributed by atoms with Crippen LogP contribution in [0.4, 0.5) is 0 Å². The van der Waals surface area contributed by atoms with Crippen molar-refractivity contribution in [3.05, 3.63) is 65.7 Å². The van der Waals surface area contributed by atoms with E-state index in [9.17, 15) is 5.11 Å². The van der Waals surface area contributed by atoms with E-state index in [0.29, 0.717) is 17.5 Å². The highest BCUT2D eigenvalue weighted by molar-refractivity contribution is 6.18. The number of halogens is 3. The molecule has 2 aromatic carbocycles. The van der Waals surface area contributed by atoms with Gasteiger partial charge in [0, 0.05) is 30.9 Å². The Morgan fingerprint density at radius 1 is 0.870 bits per heavy atom. The topological polar surface area (TPSA) is 23.5 Å². The van der Waals surface area contributed by atoms with Crippen LogP contribution in [0.5, 0.6) is 5.75 Å². The average molecular weight is 375 g/mol. The van der Waals surface area contributed by atoms with Crippen molar-refractivity contribution < 1.29 is 5.11 Å². The summed E-state index contributed by atoms with van der Waals surface area (Å²) in [6.07, 6.45) is 0.859. The first-order valence-corrected chi connectivity index (χ1v) is 8.50. The maximum atomic E-state index is 9.44. The Morgan fingerprint density at radius 3 is 1.96 bits per heavy atom. The first-order chi connectivity index (χ1) is 10.7. The first kappa shape index (κ1) is 20.1. The number of benzene rings is 2. The summed E-state index contributed by atoms with van der Waals surface area (Å²) in [6.45, 7) is 1.60. The van der Waals surface area contributed by atoms with Crippen LogP contribution in [0, 0.1) is 0 Å². The van der Waals surface area contributed by atoms with Gasteiger partial charge in [0.1, 0.15) is 5.75 Å². The second-order valence-corrected chi connectivity index (χ2v) is 5.97. The average Bonchev–Trinajstić information content (AvgIpc) is 2.55. The summed E-state index contributed by atoms with van der Waals surface area (Å²) in [6, 6.07) is 18.0. The smallest absolute Gasteiger partial charge is 0.115 e. The highest BCUT2D eigenvalue weighted by atomic mass is 35.5. The van der Waals surface area contributed by atoms with E-state index in [1.807, 2.05) is 18.2 Å². The molecule has 0 aliphatic rings. The summed E-state index contributed by atoms with van der Waals surface area (Å²) in [5.74, 6) is 1.45. The Hall–Kier alpha value is -0.930. The van der Waals surface area contributed by atoms with Crippen LogP contribution in [-0.4, -0.2) is 34.9 Å². The van der Waals surface area contributed by atoms with E-state index < -0.39 is 0 Å². The predicted octanol–water partition coefficient (Wildman–Crippen LogP) is 4.88. The number of nitrogens with zero attached hydrogens (tertiary/aromatic N) is 1. The van der Waals surface area contributed by atoms with Gasteiger partial charge in [-0.25, -0.2) is 0 Å². The number of hydrogen-bond donors (Lipinski definition) is 1. The fraction of sp³-hybridized carbons (Fsp3) is 0.333. The summed E-state index contributed by atoms with van der Waals surface area (Å²) < 4.78 is 0. The minimum Gasteiger partial charge on any atom is -0.508 e. The lowest BCUT2D eigenvalue weighted by Crippen LogP contribution is -2.33. The van der Waals surface area contributed by atoms with Crippen LogP contribution in [0.3, 0.4) is 0 Å². The normalized spacial score (nSPS) is 12.0. The van der Waals surface area contributed by atoms with Gasteiger partial charge in [-0.3, -0.25) is 4.90 Å². The third-order valence-corrected chi connectivity index (χ3v) is 4.07. The molecule has 0 saturated carbocycles. The van der Waals surface area contributed by atoms with E-state index in [1.165, 1.54) is 11.1 Å². The highest BCUT2D eigenvalue weighted by Crippen LogP contribution is 2.26. The fourth-order valence-electron chi connectivity index (χ4n) is 2.63.